The van der Waals surface area contributed by atoms with Crippen LogP contribution in [0, 0.1) is 0 Å². The Morgan fingerprint density at radius 1 is 1.21 bits per heavy atom. The van der Waals surface area contributed by atoms with Crippen LogP contribution in [0.5, 0.6) is 11.5 Å². The van der Waals surface area contributed by atoms with Gasteiger partial charge in [0.05, 0.1) is 0 Å². The Balaban J connectivity index is 1.68. The Hall–Kier alpha value is -1.71. The summed E-state index contributed by atoms with van der Waals surface area (Å²) in [5.41, 5.74) is 0. The van der Waals surface area contributed by atoms with Gasteiger partial charge in [-0.3, -0.25) is 4.79 Å². The van der Waals surface area contributed by atoms with Gasteiger partial charge in [0.1, 0.15) is 6.61 Å². The molecule has 1 aliphatic carbocycles. The molecule has 4 heteroatoms. The summed E-state index contributed by atoms with van der Waals surface area (Å²) in [5.74, 6) is 1.41. The maximum Gasteiger partial charge on any atom is 0.267 e. The van der Waals surface area contributed by atoms with Gasteiger partial charge in [-0.1, -0.05) is 25.0 Å². The highest BCUT2D eigenvalue weighted by Gasteiger charge is 2.33. The SMILES string of the molecule is CN(C(=O)[C@@H]1COc2ccccc2O1)C1CCCC1. The van der Waals surface area contributed by atoms with Gasteiger partial charge < -0.3 is 14.4 Å². The fourth-order valence-corrected chi connectivity index (χ4v) is 2.84. The minimum atomic E-state index is -0.513. The minimum Gasteiger partial charge on any atom is -0.485 e. The van der Waals surface area contributed by atoms with E-state index in [-0.39, 0.29) is 5.91 Å². The molecule has 1 amide bonds. The van der Waals surface area contributed by atoms with Crippen molar-refractivity contribution >= 4 is 5.91 Å². The molecule has 0 bridgehead atoms. The first-order chi connectivity index (χ1) is 9.25. The molecule has 1 fully saturated rings. The van der Waals surface area contributed by atoms with Crippen molar-refractivity contribution in [3.63, 3.8) is 0 Å². The lowest BCUT2D eigenvalue weighted by Crippen LogP contribution is -2.47. The third-order valence-corrected chi connectivity index (χ3v) is 4.00. The Kier molecular flexibility index (Phi) is 3.32. The van der Waals surface area contributed by atoms with Gasteiger partial charge in [-0.05, 0) is 25.0 Å². The van der Waals surface area contributed by atoms with Crippen LogP contribution in [0.4, 0.5) is 0 Å². The number of benzene rings is 1. The fraction of sp³-hybridized carbons (Fsp3) is 0.533. The number of hydrogen-bond donors (Lipinski definition) is 0. The van der Waals surface area contributed by atoms with Gasteiger partial charge in [-0.15, -0.1) is 0 Å². The van der Waals surface area contributed by atoms with E-state index in [4.69, 9.17) is 9.47 Å². The number of hydrogen-bond acceptors (Lipinski definition) is 3. The normalized spacial score (nSPS) is 22.3. The largest absolute Gasteiger partial charge is 0.485 e. The zero-order chi connectivity index (χ0) is 13.2. The number of fused-ring (bicyclic) bond motifs is 1. The quantitative estimate of drug-likeness (QED) is 0.819. The maximum absolute atomic E-state index is 12.4. The van der Waals surface area contributed by atoms with Crippen LogP contribution in [0.2, 0.25) is 0 Å². The van der Waals surface area contributed by atoms with Crippen LogP contribution < -0.4 is 9.47 Å². The van der Waals surface area contributed by atoms with Crippen LogP contribution in [-0.4, -0.2) is 36.6 Å². The van der Waals surface area contributed by atoms with Crippen molar-refractivity contribution in [1.29, 1.82) is 0 Å². The van der Waals surface area contributed by atoms with Gasteiger partial charge in [0.2, 0.25) is 6.10 Å². The number of para-hydroxylation sites is 2. The van der Waals surface area contributed by atoms with Crippen molar-refractivity contribution in [2.45, 2.75) is 37.8 Å². The van der Waals surface area contributed by atoms with Crippen molar-refractivity contribution < 1.29 is 14.3 Å². The summed E-state index contributed by atoms with van der Waals surface area (Å²) in [7, 11) is 1.88. The molecule has 0 saturated heterocycles. The van der Waals surface area contributed by atoms with Gasteiger partial charge in [-0.25, -0.2) is 0 Å². The molecule has 1 aromatic carbocycles. The van der Waals surface area contributed by atoms with Crippen molar-refractivity contribution in [3.05, 3.63) is 24.3 Å². The second kappa shape index (κ2) is 5.11. The summed E-state index contributed by atoms with van der Waals surface area (Å²) in [5, 5.41) is 0. The summed E-state index contributed by atoms with van der Waals surface area (Å²) in [4.78, 5) is 14.3. The molecule has 2 aliphatic rings. The number of rotatable bonds is 2. The molecular formula is C15H19NO3. The molecule has 1 aliphatic heterocycles. The zero-order valence-electron chi connectivity index (χ0n) is 11.2. The first-order valence-electron chi connectivity index (χ1n) is 6.91. The first kappa shape index (κ1) is 12.3. The average Bonchev–Trinajstić information content (AvgIpc) is 2.99. The zero-order valence-corrected chi connectivity index (χ0v) is 11.2. The number of likely N-dealkylation sites (N-methyl/N-ethyl adjacent to an activating group) is 1. The molecule has 4 nitrogen and oxygen atoms in total. The van der Waals surface area contributed by atoms with Gasteiger partial charge in [-0.2, -0.15) is 0 Å². The molecule has 1 heterocycles. The van der Waals surface area contributed by atoms with Crippen molar-refractivity contribution in [1.82, 2.24) is 4.90 Å². The monoisotopic (exact) mass is 261 g/mol. The molecular weight excluding hydrogens is 242 g/mol. The molecule has 0 radical (unpaired) electrons. The Morgan fingerprint density at radius 2 is 1.89 bits per heavy atom. The molecule has 1 aromatic rings. The van der Waals surface area contributed by atoms with E-state index >= 15 is 0 Å². The molecule has 0 spiro atoms. The Bertz CT molecular complexity index is 468. The molecule has 19 heavy (non-hydrogen) atoms. The second-order valence-corrected chi connectivity index (χ2v) is 5.25. The van der Waals surface area contributed by atoms with Gasteiger partial charge in [0, 0.05) is 13.1 Å². The lowest BCUT2D eigenvalue weighted by atomic mass is 10.2. The molecule has 0 unspecified atom stereocenters. The molecule has 1 atom stereocenters. The van der Waals surface area contributed by atoms with Crippen LogP contribution in [0.25, 0.3) is 0 Å². The fourth-order valence-electron chi connectivity index (χ4n) is 2.84. The maximum atomic E-state index is 12.4. The summed E-state index contributed by atoms with van der Waals surface area (Å²) >= 11 is 0. The number of carbonyl (C=O) groups is 1. The summed E-state index contributed by atoms with van der Waals surface area (Å²) in [6.45, 7) is 0.299. The number of nitrogens with zero attached hydrogens (tertiary/aromatic N) is 1. The Labute approximate surface area is 113 Å². The van der Waals surface area contributed by atoms with Gasteiger partial charge in [0.25, 0.3) is 5.91 Å². The molecule has 1 saturated carbocycles. The highest BCUT2D eigenvalue weighted by Crippen LogP contribution is 2.32. The highest BCUT2D eigenvalue weighted by molar-refractivity contribution is 5.82. The van der Waals surface area contributed by atoms with Crippen LogP contribution in [-0.2, 0) is 4.79 Å². The minimum absolute atomic E-state index is 0.0291. The smallest absolute Gasteiger partial charge is 0.267 e. The van der Waals surface area contributed by atoms with E-state index < -0.39 is 6.10 Å². The summed E-state index contributed by atoms with van der Waals surface area (Å²) in [6, 6.07) is 7.85. The van der Waals surface area contributed by atoms with E-state index in [1.165, 1.54) is 12.8 Å². The predicted octanol–water partition coefficient (Wildman–Crippen LogP) is 2.23. The predicted molar refractivity (Wildman–Crippen MR) is 71.4 cm³/mol. The second-order valence-electron chi connectivity index (χ2n) is 5.25. The van der Waals surface area contributed by atoms with Crippen molar-refractivity contribution in [3.8, 4) is 11.5 Å². The standard InChI is InChI=1S/C15H19NO3/c1-16(11-6-2-3-7-11)15(17)14-10-18-12-8-4-5-9-13(12)19-14/h4-5,8-9,11,14H,2-3,6-7,10H2,1H3/t14-/m0/s1. The van der Waals surface area contributed by atoms with E-state index in [9.17, 15) is 4.79 Å². The van der Waals surface area contributed by atoms with E-state index in [2.05, 4.69) is 0 Å². The van der Waals surface area contributed by atoms with E-state index in [0.717, 1.165) is 18.6 Å². The van der Waals surface area contributed by atoms with Crippen LogP contribution in [0.1, 0.15) is 25.7 Å². The highest BCUT2D eigenvalue weighted by atomic mass is 16.6. The number of ether oxygens (including phenoxy) is 2. The topological polar surface area (TPSA) is 38.8 Å². The van der Waals surface area contributed by atoms with E-state index in [1.54, 1.807) is 0 Å². The molecule has 0 aromatic heterocycles. The van der Waals surface area contributed by atoms with E-state index in [1.807, 2.05) is 36.2 Å². The lowest BCUT2D eigenvalue weighted by molar-refractivity contribution is -0.141. The molecule has 0 N–H and O–H groups in total. The van der Waals surface area contributed by atoms with Crippen LogP contribution >= 0.6 is 0 Å². The first-order valence-corrected chi connectivity index (χ1v) is 6.91. The van der Waals surface area contributed by atoms with Crippen molar-refractivity contribution in [2.24, 2.45) is 0 Å². The lowest BCUT2D eigenvalue weighted by Gasteiger charge is -2.31. The van der Waals surface area contributed by atoms with Crippen LogP contribution in [0.3, 0.4) is 0 Å². The average molecular weight is 261 g/mol. The Morgan fingerprint density at radius 3 is 2.63 bits per heavy atom. The molecule has 102 valence electrons. The third-order valence-electron chi connectivity index (χ3n) is 4.00. The molecule has 3 rings (SSSR count). The number of carbonyl (C=O) groups excluding carboxylic acids is 1. The van der Waals surface area contributed by atoms with Crippen LogP contribution in [0.15, 0.2) is 24.3 Å². The summed E-state index contributed by atoms with van der Waals surface area (Å²) in [6.07, 6.45) is 4.12. The van der Waals surface area contributed by atoms with Crippen molar-refractivity contribution in [2.75, 3.05) is 13.7 Å². The third kappa shape index (κ3) is 2.39. The van der Waals surface area contributed by atoms with E-state index in [0.29, 0.717) is 18.4 Å². The van der Waals surface area contributed by atoms with Gasteiger partial charge >= 0.3 is 0 Å². The van der Waals surface area contributed by atoms with Gasteiger partial charge in [0.15, 0.2) is 11.5 Å². The summed E-state index contributed by atoms with van der Waals surface area (Å²) < 4.78 is 11.4. The number of amides is 1.